The largest absolute Gasteiger partial charge is 0.462 e. The van der Waals surface area contributed by atoms with Crippen molar-refractivity contribution in [1.29, 1.82) is 0 Å². The second-order valence-electron chi connectivity index (χ2n) is 17.2. The molecule has 0 aromatic carbocycles. The smallest absolute Gasteiger partial charge is 0.306 e. The maximum Gasteiger partial charge on any atom is 0.306 e. The van der Waals surface area contributed by atoms with Crippen molar-refractivity contribution < 1.29 is 24.5 Å². The summed E-state index contributed by atoms with van der Waals surface area (Å²) in [7, 11) is 0. The number of carbonyl (C=O) groups excluding carboxylic acids is 2. The fourth-order valence-corrected chi connectivity index (χ4v) is 7.56. The predicted molar refractivity (Wildman–Crippen MR) is 255 cm³/mol. The first-order chi connectivity index (χ1) is 29.0. The highest BCUT2D eigenvalue weighted by Crippen LogP contribution is 2.18. The van der Waals surface area contributed by atoms with Crippen molar-refractivity contribution in [3.8, 4) is 0 Å². The summed E-state index contributed by atoms with van der Waals surface area (Å²) in [5.41, 5.74) is 0. The normalized spacial score (nSPS) is 13.6. The Hall–Kier alpha value is -2.18. The van der Waals surface area contributed by atoms with E-state index in [4.69, 9.17) is 4.74 Å². The molecule has 3 unspecified atom stereocenters. The number of unbranched alkanes of at least 4 members (excludes halogenated alkanes) is 25. The van der Waals surface area contributed by atoms with Crippen LogP contribution in [0.1, 0.15) is 252 Å². The van der Waals surface area contributed by atoms with Gasteiger partial charge in [-0.2, -0.15) is 0 Å². The number of rotatable bonds is 45. The molecule has 0 aromatic rings. The minimum atomic E-state index is -0.789. The van der Waals surface area contributed by atoms with Crippen LogP contribution in [0.15, 0.2) is 48.6 Å². The number of hydrogen-bond acceptors (Lipinski definition) is 5. The van der Waals surface area contributed by atoms with Crippen molar-refractivity contribution in [2.75, 3.05) is 6.61 Å². The van der Waals surface area contributed by atoms with Crippen molar-refractivity contribution in [1.82, 2.24) is 5.32 Å². The van der Waals surface area contributed by atoms with Gasteiger partial charge in [0.1, 0.15) is 6.10 Å². The second kappa shape index (κ2) is 46.9. The molecule has 3 N–H and O–H groups in total. The summed E-state index contributed by atoms with van der Waals surface area (Å²) in [6, 6.07) is -0.704. The molecule has 0 bridgehead atoms. The minimum Gasteiger partial charge on any atom is -0.462 e. The summed E-state index contributed by atoms with van der Waals surface area (Å²) >= 11 is 0. The average molecular weight is 828 g/mol. The van der Waals surface area contributed by atoms with E-state index in [1.807, 2.05) is 0 Å². The molecule has 59 heavy (non-hydrogen) atoms. The Balaban J connectivity index is 4.60. The zero-order valence-electron chi connectivity index (χ0n) is 39.1. The topological polar surface area (TPSA) is 95.9 Å². The zero-order valence-corrected chi connectivity index (χ0v) is 39.1. The van der Waals surface area contributed by atoms with E-state index in [2.05, 4.69) is 74.7 Å². The van der Waals surface area contributed by atoms with Crippen LogP contribution in [-0.4, -0.2) is 46.9 Å². The molecule has 6 nitrogen and oxygen atoms in total. The molecule has 0 saturated carbocycles. The SMILES string of the molecule is CC/C=C/C/C=C/CCCCCCCCCC(=O)OC(CCCCCCCCC/C=C\C/C=C\CCCCC)CC(=O)NC(CO)C(O)CCCCCCCCCCC. The Morgan fingerprint density at radius 3 is 1.41 bits per heavy atom. The van der Waals surface area contributed by atoms with Crippen LogP contribution in [0.3, 0.4) is 0 Å². The van der Waals surface area contributed by atoms with E-state index in [0.717, 1.165) is 89.9 Å². The molecule has 0 spiro atoms. The number of nitrogens with one attached hydrogen (secondary N) is 1. The van der Waals surface area contributed by atoms with E-state index in [1.54, 1.807) is 0 Å². The summed E-state index contributed by atoms with van der Waals surface area (Å²) in [6.45, 7) is 6.34. The van der Waals surface area contributed by atoms with Gasteiger partial charge < -0.3 is 20.3 Å². The Labute approximate surface area is 366 Å². The third kappa shape index (κ3) is 42.3. The van der Waals surface area contributed by atoms with Gasteiger partial charge in [-0.05, 0) is 83.5 Å². The van der Waals surface area contributed by atoms with E-state index in [0.29, 0.717) is 19.3 Å². The van der Waals surface area contributed by atoms with Gasteiger partial charge in [0.15, 0.2) is 0 Å². The van der Waals surface area contributed by atoms with Gasteiger partial charge >= 0.3 is 5.97 Å². The van der Waals surface area contributed by atoms with Crippen LogP contribution in [0.2, 0.25) is 0 Å². The Kier molecular flexibility index (Phi) is 45.1. The lowest BCUT2D eigenvalue weighted by atomic mass is 10.0. The van der Waals surface area contributed by atoms with Crippen molar-refractivity contribution in [2.45, 2.75) is 270 Å². The molecule has 0 heterocycles. The lowest BCUT2D eigenvalue weighted by molar-refractivity contribution is -0.151. The van der Waals surface area contributed by atoms with Crippen LogP contribution in [-0.2, 0) is 14.3 Å². The highest BCUT2D eigenvalue weighted by atomic mass is 16.5. The number of aliphatic hydroxyl groups is 2. The van der Waals surface area contributed by atoms with Gasteiger partial charge in [0.25, 0.3) is 0 Å². The molecule has 0 aliphatic rings. The summed E-state index contributed by atoms with van der Waals surface area (Å²) in [4.78, 5) is 26.1. The van der Waals surface area contributed by atoms with Gasteiger partial charge in [-0.1, -0.05) is 204 Å². The molecule has 0 aliphatic heterocycles. The molecule has 0 radical (unpaired) electrons. The third-order valence-electron chi connectivity index (χ3n) is 11.4. The van der Waals surface area contributed by atoms with E-state index >= 15 is 0 Å². The zero-order chi connectivity index (χ0) is 43.1. The number of hydrogen-bond donors (Lipinski definition) is 3. The monoisotopic (exact) mass is 828 g/mol. The molecular weight excluding hydrogens is 731 g/mol. The third-order valence-corrected chi connectivity index (χ3v) is 11.4. The molecule has 344 valence electrons. The van der Waals surface area contributed by atoms with Crippen LogP contribution < -0.4 is 5.32 Å². The van der Waals surface area contributed by atoms with E-state index in [1.165, 1.54) is 116 Å². The first-order valence-electron chi connectivity index (χ1n) is 25.4. The maximum absolute atomic E-state index is 13.2. The summed E-state index contributed by atoms with van der Waals surface area (Å²) < 4.78 is 5.93. The summed E-state index contributed by atoms with van der Waals surface area (Å²) in [6.07, 6.45) is 56.0. The fraction of sp³-hybridized carbons (Fsp3) is 0.811. The molecule has 0 aliphatic carbocycles. The first-order valence-corrected chi connectivity index (χ1v) is 25.4. The highest BCUT2D eigenvalue weighted by molar-refractivity contribution is 5.77. The Bertz CT molecular complexity index is 1020. The lowest BCUT2D eigenvalue weighted by Crippen LogP contribution is -2.46. The van der Waals surface area contributed by atoms with Gasteiger partial charge in [-0.25, -0.2) is 0 Å². The lowest BCUT2D eigenvalue weighted by Gasteiger charge is -2.24. The van der Waals surface area contributed by atoms with Crippen molar-refractivity contribution in [2.24, 2.45) is 0 Å². The van der Waals surface area contributed by atoms with Crippen LogP contribution in [0.25, 0.3) is 0 Å². The summed E-state index contributed by atoms with van der Waals surface area (Å²) in [5.74, 6) is -0.488. The minimum absolute atomic E-state index is 0.0692. The molecule has 1 amide bonds. The number of esters is 1. The highest BCUT2D eigenvalue weighted by Gasteiger charge is 2.24. The van der Waals surface area contributed by atoms with Crippen LogP contribution >= 0.6 is 0 Å². The van der Waals surface area contributed by atoms with Crippen LogP contribution in [0, 0.1) is 0 Å². The molecule has 6 heteroatoms. The molecule has 3 atom stereocenters. The molecular formula is C53H97NO5. The number of aliphatic hydroxyl groups excluding tert-OH is 2. The van der Waals surface area contributed by atoms with Gasteiger partial charge in [0, 0.05) is 6.42 Å². The molecule has 0 rings (SSSR count). The number of carbonyl (C=O) groups is 2. The van der Waals surface area contributed by atoms with Gasteiger partial charge in [-0.3, -0.25) is 9.59 Å². The number of ether oxygens (including phenoxy) is 1. The second-order valence-corrected chi connectivity index (χ2v) is 17.2. The van der Waals surface area contributed by atoms with Crippen LogP contribution in [0.4, 0.5) is 0 Å². The number of amides is 1. The average Bonchev–Trinajstić information content (AvgIpc) is 3.23. The number of allylic oxidation sites excluding steroid dienone is 8. The van der Waals surface area contributed by atoms with Gasteiger partial charge in [-0.15, -0.1) is 0 Å². The van der Waals surface area contributed by atoms with E-state index in [9.17, 15) is 19.8 Å². The first kappa shape index (κ1) is 56.8. The van der Waals surface area contributed by atoms with Crippen molar-refractivity contribution in [3.05, 3.63) is 48.6 Å². The Morgan fingerprint density at radius 2 is 0.915 bits per heavy atom. The van der Waals surface area contributed by atoms with E-state index < -0.39 is 18.2 Å². The summed E-state index contributed by atoms with van der Waals surface area (Å²) in [5, 5.41) is 23.7. The van der Waals surface area contributed by atoms with Crippen molar-refractivity contribution in [3.63, 3.8) is 0 Å². The standard InChI is InChI=1S/C53H97NO5/c1-4-7-10-13-16-19-21-23-25-26-27-28-30-33-35-38-41-44-49(59-53(58)46-43-40-37-34-31-29-24-22-20-17-14-11-8-5-2)47-52(57)54-50(48-55)51(56)45-42-39-36-32-18-15-12-9-6-3/h8,11,16-17,19-20,23,25,49-51,55-56H,4-7,9-10,12-15,18,21-22,24,26-48H2,1-3H3,(H,54,57)/b11-8+,19-16-,20-17+,25-23-. The van der Waals surface area contributed by atoms with Gasteiger partial charge in [0.05, 0.1) is 25.2 Å². The van der Waals surface area contributed by atoms with Crippen LogP contribution in [0.5, 0.6) is 0 Å². The Morgan fingerprint density at radius 1 is 0.508 bits per heavy atom. The molecule has 0 aromatic heterocycles. The predicted octanol–water partition coefficient (Wildman–Crippen LogP) is 15.1. The fourth-order valence-electron chi connectivity index (χ4n) is 7.56. The molecule has 0 saturated heterocycles. The maximum atomic E-state index is 13.2. The quantitative estimate of drug-likeness (QED) is 0.0323. The molecule has 0 fully saturated rings. The van der Waals surface area contributed by atoms with Crippen molar-refractivity contribution >= 4 is 11.9 Å². The van der Waals surface area contributed by atoms with Gasteiger partial charge in [0.2, 0.25) is 5.91 Å². The van der Waals surface area contributed by atoms with E-state index in [-0.39, 0.29) is 24.9 Å².